The number of nitrogens with one attached hydrogen (secondary N) is 2. The molecule has 32 heavy (non-hydrogen) atoms. The lowest BCUT2D eigenvalue weighted by Crippen LogP contribution is -2.42. The highest BCUT2D eigenvalue weighted by Crippen LogP contribution is 2.20. The van der Waals surface area contributed by atoms with Crippen LogP contribution in [0.1, 0.15) is 55.8 Å². The molecule has 6 nitrogen and oxygen atoms in total. The first kappa shape index (κ1) is 26.9. The molecule has 8 heteroatoms. The van der Waals surface area contributed by atoms with Crippen LogP contribution in [-0.4, -0.2) is 49.1 Å². The predicted molar refractivity (Wildman–Crippen MR) is 145 cm³/mol. The maximum absolute atomic E-state index is 5.25. The Morgan fingerprint density at radius 1 is 1.22 bits per heavy atom. The third-order valence-electron chi connectivity index (χ3n) is 5.71. The van der Waals surface area contributed by atoms with Gasteiger partial charge in [-0.25, -0.2) is 9.98 Å². The van der Waals surface area contributed by atoms with Gasteiger partial charge in [-0.05, 0) is 62.4 Å². The van der Waals surface area contributed by atoms with Gasteiger partial charge >= 0.3 is 0 Å². The lowest BCUT2D eigenvalue weighted by Gasteiger charge is -2.32. The minimum Gasteiger partial charge on any atom is -0.497 e. The largest absolute Gasteiger partial charge is 0.497 e. The van der Waals surface area contributed by atoms with Crippen molar-refractivity contribution in [2.45, 2.75) is 52.6 Å². The van der Waals surface area contributed by atoms with E-state index in [0.29, 0.717) is 18.4 Å². The SMILES string of the molecule is CCNC(=NCc1nc(C(C)C)cs1)NCC1CCN(Cc2ccc(OC)cc2)CC1.I. The highest BCUT2D eigenvalue weighted by molar-refractivity contribution is 14.0. The first-order valence-corrected chi connectivity index (χ1v) is 12.3. The smallest absolute Gasteiger partial charge is 0.191 e. The summed E-state index contributed by atoms with van der Waals surface area (Å²) in [6.45, 7) is 12.2. The van der Waals surface area contributed by atoms with Gasteiger partial charge in [0.25, 0.3) is 0 Å². The average molecular weight is 572 g/mol. The molecule has 178 valence electrons. The van der Waals surface area contributed by atoms with Crippen molar-refractivity contribution in [2.75, 3.05) is 33.3 Å². The summed E-state index contributed by atoms with van der Waals surface area (Å²) < 4.78 is 5.25. The van der Waals surface area contributed by atoms with Crippen LogP contribution in [0.5, 0.6) is 5.75 Å². The van der Waals surface area contributed by atoms with Crippen LogP contribution < -0.4 is 15.4 Å². The molecule has 1 aliphatic rings. The Morgan fingerprint density at radius 2 is 1.94 bits per heavy atom. The lowest BCUT2D eigenvalue weighted by molar-refractivity contribution is 0.178. The van der Waals surface area contributed by atoms with Crippen molar-refractivity contribution in [2.24, 2.45) is 10.9 Å². The number of aliphatic imine (C=N–C) groups is 1. The number of guanidine groups is 1. The predicted octanol–water partition coefficient (Wildman–Crippen LogP) is 4.86. The molecular weight excluding hydrogens is 533 g/mol. The third kappa shape index (κ3) is 8.51. The Bertz CT molecular complexity index is 816. The van der Waals surface area contributed by atoms with E-state index < -0.39 is 0 Å². The zero-order valence-corrected chi connectivity index (χ0v) is 22.9. The van der Waals surface area contributed by atoms with Gasteiger partial charge in [-0.3, -0.25) is 4.90 Å². The molecule has 0 radical (unpaired) electrons. The quantitative estimate of drug-likeness (QED) is 0.256. The molecule has 1 aromatic carbocycles. The molecule has 2 N–H and O–H groups in total. The Morgan fingerprint density at radius 3 is 2.53 bits per heavy atom. The topological polar surface area (TPSA) is 61.8 Å². The van der Waals surface area contributed by atoms with Gasteiger partial charge < -0.3 is 15.4 Å². The molecule has 1 fully saturated rings. The second-order valence-corrected chi connectivity index (χ2v) is 9.41. The molecular formula is C24H38IN5OS. The van der Waals surface area contributed by atoms with E-state index in [-0.39, 0.29) is 24.0 Å². The van der Waals surface area contributed by atoms with Crippen LogP contribution in [0, 0.1) is 5.92 Å². The fourth-order valence-corrected chi connectivity index (χ4v) is 4.61. The molecule has 2 heterocycles. The zero-order valence-electron chi connectivity index (χ0n) is 19.8. The number of benzene rings is 1. The van der Waals surface area contributed by atoms with Gasteiger partial charge in [0.05, 0.1) is 19.3 Å². The van der Waals surface area contributed by atoms with Crippen molar-refractivity contribution in [1.82, 2.24) is 20.5 Å². The fourth-order valence-electron chi connectivity index (χ4n) is 3.73. The summed E-state index contributed by atoms with van der Waals surface area (Å²) >= 11 is 1.70. The molecule has 0 unspecified atom stereocenters. The van der Waals surface area contributed by atoms with Crippen molar-refractivity contribution in [1.29, 1.82) is 0 Å². The standard InChI is InChI=1S/C24H37N5OS.HI/c1-5-25-24(27-15-23-28-22(17-31-23)18(2)3)26-14-19-10-12-29(13-11-19)16-20-6-8-21(30-4)9-7-20;/h6-9,17-19H,5,10-16H2,1-4H3,(H2,25,26,27);1H. The van der Waals surface area contributed by atoms with Gasteiger partial charge in [0.15, 0.2) is 5.96 Å². The van der Waals surface area contributed by atoms with Crippen molar-refractivity contribution in [3.05, 3.63) is 45.9 Å². The number of methoxy groups -OCH3 is 1. The Balaban J connectivity index is 0.00000363. The number of thiazole rings is 1. The Kier molecular flexibility index (Phi) is 11.7. The molecule has 1 aromatic heterocycles. The zero-order chi connectivity index (χ0) is 22.1. The van der Waals surface area contributed by atoms with Crippen molar-refractivity contribution < 1.29 is 4.74 Å². The summed E-state index contributed by atoms with van der Waals surface area (Å²) in [4.78, 5) is 12.0. The number of likely N-dealkylation sites (tertiary alicyclic amines) is 1. The minimum absolute atomic E-state index is 0. The van der Waals surface area contributed by atoms with Crippen LogP contribution >= 0.6 is 35.3 Å². The van der Waals surface area contributed by atoms with E-state index in [9.17, 15) is 0 Å². The van der Waals surface area contributed by atoms with Crippen LogP contribution in [0.25, 0.3) is 0 Å². The summed E-state index contributed by atoms with van der Waals surface area (Å²) in [5.74, 6) is 2.96. The van der Waals surface area contributed by atoms with Gasteiger partial charge in [-0.15, -0.1) is 35.3 Å². The van der Waals surface area contributed by atoms with Crippen molar-refractivity contribution >= 4 is 41.3 Å². The van der Waals surface area contributed by atoms with E-state index in [1.54, 1.807) is 18.4 Å². The highest BCUT2D eigenvalue weighted by Gasteiger charge is 2.19. The second-order valence-electron chi connectivity index (χ2n) is 8.46. The van der Waals surface area contributed by atoms with E-state index in [1.165, 1.54) is 18.4 Å². The highest BCUT2D eigenvalue weighted by atomic mass is 127. The van der Waals surface area contributed by atoms with Gasteiger partial charge in [-0.1, -0.05) is 26.0 Å². The fraction of sp³-hybridized carbons (Fsp3) is 0.583. The molecule has 0 aliphatic carbocycles. The average Bonchev–Trinajstić information content (AvgIpc) is 3.27. The Hall–Kier alpha value is -1.39. The van der Waals surface area contributed by atoms with E-state index in [1.807, 2.05) is 12.1 Å². The molecule has 0 atom stereocenters. The van der Waals surface area contributed by atoms with Crippen LogP contribution in [0.4, 0.5) is 0 Å². The number of halogens is 1. The van der Waals surface area contributed by atoms with Gasteiger partial charge in [0.1, 0.15) is 10.8 Å². The maximum atomic E-state index is 5.25. The van der Waals surface area contributed by atoms with Crippen LogP contribution in [0.15, 0.2) is 34.6 Å². The Labute approximate surface area is 214 Å². The first-order valence-electron chi connectivity index (χ1n) is 11.4. The summed E-state index contributed by atoms with van der Waals surface area (Å²) in [7, 11) is 1.71. The van der Waals surface area contributed by atoms with E-state index >= 15 is 0 Å². The molecule has 1 aliphatic heterocycles. The molecule has 3 rings (SSSR count). The first-order chi connectivity index (χ1) is 15.1. The number of nitrogens with zero attached hydrogens (tertiary/aromatic N) is 3. The third-order valence-corrected chi connectivity index (χ3v) is 6.56. The van der Waals surface area contributed by atoms with Gasteiger partial charge in [0.2, 0.25) is 0 Å². The number of hydrogen-bond acceptors (Lipinski definition) is 5. The van der Waals surface area contributed by atoms with Gasteiger partial charge in [-0.2, -0.15) is 0 Å². The van der Waals surface area contributed by atoms with Crippen molar-refractivity contribution in [3.63, 3.8) is 0 Å². The molecule has 2 aromatic rings. The molecule has 0 bridgehead atoms. The molecule has 0 spiro atoms. The number of rotatable bonds is 9. The molecule has 0 saturated carbocycles. The van der Waals surface area contributed by atoms with E-state index in [2.05, 4.69) is 58.8 Å². The summed E-state index contributed by atoms with van der Waals surface area (Å²) in [6.07, 6.45) is 2.43. The molecule has 0 amide bonds. The van der Waals surface area contributed by atoms with Crippen LogP contribution in [0.2, 0.25) is 0 Å². The van der Waals surface area contributed by atoms with Crippen LogP contribution in [-0.2, 0) is 13.1 Å². The normalized spacial score (nSPS) is 15.5. The van der Waals surface area contributed by atoms with E-state index in [0.717, 1.165) is 55.1 Å². The van der Waals surface area contributed by atoms with Crippen LogP contribution in [0.3, 0.4) is 0 Å². The lowest BCUT2D eigenvalue weighted by atomic mass is 9.96. The van der Waals surface area contributed by atoms with Crippen molar-refractivity contribution in [3.8, 4) is 5.75 Å². The summed E-state index contributed by atoms with van der Waals surface area (Å²) in [5.41, 5.74) is 2.51. The number of piperidine rings is 1. The van der Waals surface area contributed by atoms with E-state index in [4.69, 9.17) is 9.73 Å². The summed E-state index contributed by atoms with van der Waals surface area (Å²) in [6, 6.07) is 8.42. The summed E-state index contributed by atoms with van der Waals surface area (Å²) in [5, 5.41) is 10.1. The monoisotopic (exact) mass is 571 g/mol. The maximum Gasteiger partial charge on any atom is 0.191 e. The second kappa shape index (κ2) is 14.0. The number of ether oxygens (including phenoxy) is 1. The number of aromatic nitrogens is 1. The number of hydrogen-bond donors (Lipinski definition) is 2. The van der Waals surface area contributed by atoms with Gasteiger partial charge in [0, 0.05) is 25.0 Å². The minimum atomic E-state index is 0. The molecule has 1 saturated heterocycles.